The number of aliphatic hydroxyl groups is 1. The zero-order valence-corrected chi connectivity index (χ0v) is 16.7. The minimum absolute atomic E-state index is 0.519. The summed E-state index contributed by atoms with van der Waals surface area (Å²) in [7, 11) is 0. The number of halogens is 1. The lowest BCUT2D eigenvalue weighted by atomic mass is 9.88. The van der Waals surface area contributed by atoms with Crippen LogP contribution in [0, 0.1) is 0 Å². The van der Waals surface area contributed by atoms with Crippen molar-refractivity contribution in [3.05, 3.63) is 88.9 Å². The molecule has 3 nitrogen and oxygen atoms in total. The van der Waals surface area contributed by atoms with E-state index in [0.29, 0.717) is 6.61 Å². The minimum Gasteiger partial charge on any atom is -0.490 e. The molecule has 0 aliphatic heterocycles. The molecule has 0 unspecified atom stereocenters. The fourth-order valence-electron chi connectivity index (χ4n) is 2.50. The standard InChI is InChI=1S/C22H26BrNO2/c1-3-4-15-24-16-5-6-17-26-21-13-9-19(10-14-21)22(2,25)18-7-11-20(23)12-8-18/h3,5-14,24-25H,1,4,15-17H2,2H3/t22-/m0/s1. The lowest BCUT2D eigenvalue weighted by Crippen LogP contribution is -2.22. The highest BCUT2D eigenvalue weighted by atomic mass is 79.9. The van der Waals surface area contributed by atoms with Crippen molar-refractivity contribution in [2.75, 3.05) is 19.7 Å². The van der Waals surface area contributed by atoms with E-state index in [2.05, 4.69) is 33.9 Å². The van der Waals surface area contributed by atoms with Crippen molar-refractivity contribution in [3.8, 4) is 5.75 Å². The van der Waals surface area contributed by atoms with E-state index < -0.39 is 5.60 Å². The number of hydrogen-bond acceptors (Lipinski definition) is 3. The molecule has 0 aromatic heterocycles. The van der Waals surface area contributed by atoms with Crippen LogP contribution >= 0.6 is 15.9 Å². The van der Waals surface area contributed by atoms with Gasteiger partial charge in [0, 0.05) is 11.0 Å². The Morgan fingerprint density at radius 2 is 1.69 bits per heavy atom. The second-order valence-electron chi connectivity index (χ2n) is 6.17. The highest BCUT2D eigenvalue weighted by molar-refractivity contribution is 9.10. The topological polar surface area (TPSA) is 41.5 Å². The molecule has 2 N–H and O–H groups in total. The summed E-state index contributed by atoms with van der Waals surface area (Å²) in [4.78, 5) is 0. The van der Waals surface area contributed by atoms with Gasteiger partial charge in [0.1, 0.15) is 18.0 Å². The van der Waals surface area contributed by atoms with Gasteiger partial charge in [0.15, 0.2) is 0 Å². The highest BCUT2D eigenvalue weighted by Gasteiger charge is 2.25. The molecule has 2 rings (SSSR count). The Bertz CT molecular complexity index is 706. The van der Waals surface area contributed by atoms with Gasteiger partial charge in [-0.15, -0.1) is 6.58 Å². The first-order valence-electron chi connectivity index (χ1n) is 8.72. The Labute approximate surface area is 164 Å². The second-order valence-corrected chi connectivity index (χ2v) is 7.08. The molecule has 2 aromatic carbocycles. The quantitative estimate of drug-likeness (QED) is 0.432. The summed E-state index contributed by atoms with van der Waals surface area (Å²) in [5, 5.41) is 14.2. The lowest BCUT2D eigenvalue weighted by molar-refractivity contribution is 0.102. The number of hydrogen-bond donors (Lipinski definition) is 2. The summed E-state index contributed by atoms with van der Waals surface area (Å²) in [5.41, 5.74) is 0.631. The van der Waals surface area contributed by atoms with Crippen molar-refractivity contribution in [2.24, 2.45) is 0 Å². The lowest BCUT2D eigenvalue weighted by Gasteiger charge is -2.24. The molecule has 26 heavy (non-hydrogen) atoms. The monoisotopic (exact) mass is 415 g/mol. The Kier molecular flexibility index (Phi) is 8.10. The molecule has 0 saturated heterocycles. The first-order chi connectivity index (χ1) is 12.5. The van der Waals surface area contributed by atoms with Crippen LogP contribution in [0.15, 0.2) is 77.8 Å². The van der Waals surface area contributed by atoms with E-state index in [9.17, 15) is 5.11 Å². The van der Waals surface area contributed by atoms with Crippen LogP contribution in [0.25, 0.3) is 0 Å². The SMILES string of the molecule is C=CCCNCC=CCOc1ccc([C@@](C)(O)c2ccc(Br)cc2)cc1. The molecular formula is C22H26BrNO2. The summed E-state index contributed by atoms with van der Waals surface area (Å²) in [5.74, 6) is 0.782. The molecule has 0 spiro atoms. The van der Waals surface area contributed by atoms with Gasteiger partial charge < -0.3 is 15.2 Å². The third kappa shape index (κ3) is 6.13. The van der Waals surface area contributed by atoms with Crippen LogP contribution in [0.3, 0.4) is 0 Å². The van der Waals surface area contributed by atoms with Gasteiger partial charge in [0.05, 0.1) is 0 Å². The van der Waals surface area contributed by atoms with Crippen molar-refractivity contribution in [1.82, 2.24) is 5.32 Å². The van der Waals surface area contributed by atoms with E-state index in [4.69, 9.17) is 4.74 Å². The summed E-state index contributed by atoms with van der Waals surface area (Å²) in [6.07, 6.45) is 6.92. The molecule has 2 aromatic rings. The van der Waals surface area contributed by atoms with Gasteiger partial charge in [0.25, 0.3) is 0 Å². The van der Waals surface area contributed by atoms with Crippen LogP contribution < -0.4 is 10.1 Å². The summed E-state index contributed by atoms with van der Waals surface area (Å²) < 4.78 is 6.69. The van der Waals surface area contributed by atoms with E-state index in [1.54, 1.807) is 6.92 Å². The fraction of sp³-hybridized carbons (Fsp3) is 0.273. The first-order valence-corrected chi connectivity index (χ1v) is 9.51. The third-order valence-corrected chi connectivity index (χ3v) is 4.65. The van der Waals surface area contributed by atoms with Crippen molar-refractivity contribution < 1.29 is 9.84 Å². The van der Waals surface area contributed by atoms with Crippen LogP contribution in [-0.2, 0) is 5.60 Å². The number of benzene rings is 2. The van der Waals surface area contributed by atoms with Gasteiger partial charge in [-0.3, -0.25) is 0 Å². The molecule has 0 aliphatic carbocycles. The second kappa shape index (κ2) is 10.3. The highest BCUT2D eigenvalue weighted by Crippen LogP contribution is 2.31. The van der Waals surface area contributed by atoms with Crippen molar-refractivity contribution in [3.63, 3.8) is 0 Å². The van der Waals surface area contributed by atoms with Crippen molar-refractivity contribution >= 4 is 15.9 Å². The van der Waals surface area contributed by atoms with Gasteiger partial charge in [-0.1, -0.05) is 58.4 Å². The number of rotatable bonds is 10. The van der Waals surface area contributed by atoms with Gasteiger partial charge in [-0.25, -0.2) is 0 Å². The zero-order chi connectivity index (χ0) is 18.8. The van der Waals surface area contributed by atoms with Crippen LogP contribution in [-0.4, -0.2) is 24.8 Å². The average Bonchev–Trinajstić information content (AvgIpc) is 2.65. The maximum atomic E-state index is 10.9. The fourth-order valence-corrected chi connectivity index (χ4v) is 2.77. The van der Waals surface area contributed by atoms with E-state index in [-0.39, 0.29) is 0 Å². The van der Waals surface area contributed by atoms with Crippen LogP contribution in [0.1, 0.15) is 24.5 Å². The van der Waals surface area contributed by atoms with Crippen LogP contribution in [0.5, 0.6) is 5.75 Å². The Morgan fingerprint density at radius 3 is 2.31 bits per heavy atom. The zero-order valence-electron chi connectivity index (χ0n) is 15.1. The molecule has 0 saturated carbocycles. The molecule has 0 aliphatic rings. The number of ether oxygens (including phenoxy) is 1. The Morgan fingerprint density at radius 1 is 1.08 bits per heavy atom. The predicted molar refractivity (Wildman–Crippen MR) is 112 cm³/mol. The summed E-state index contributed by atoms with van der Waals surface area (Å²) in [6, 6.07) is 15.3. The molecule has 0 fully saturated rings. The molecule has 0 radical (unpaired) electrons. The summed E-state index contributed by atoms with van der Waals surface area (Å²) >= 11 is 3.42. The van der Waals surface area contributed by atoms with E-state index in [0.717, 1.165) is 40.9 Å². The van der Waals surface area contributed by atoms with Crippen LogP contribution in [0.2, 0.25) is 0 Å². The Balaban J connectivity index is 1.86. The maximum Gasteiger partial charge on any atom is 0.119 e. The Hall–Kier alpha value is -1.88. The van der Waals surface area contributed by atoms with E-state index in [1.807, 2.05) is 60.7 Å². The number of nitrogens with one attached hydrogen (secondary N) is 1. The normalized spacial score (nSPS) is 13.5. The molecule has 0 amide bonds. The smallest absolute Gasteiger partial charge is 0.119 e. The van der Waals surface area contributed by atoms with E-state index >= 15 is 0 Å². The summed E-state index contributed by atoms with van der Waals surface area (Å²) in [6.45, 7) is 7.77. The van der Waals surface area contributed by atoms with Crippen molar-refractivity contribution in [2.45, 2.75) is 18.9 Å². The van der Waals surface area contributed by atoms with Crippen LogP contribution in [0.4, 0.5) is 0 Å². The molecular weight excluding hydrogens is 390 g/mol. The van der Waals surface area contributed by atoms with Crippen molar-refractivity contribution in [1.29, 1.82) is 0 Å². The van der Waals surface area contributed by atoms with Gasteiger partial charge in [0.2, 0.25) is 0 Å². The minimum atomic E-state index is -1.05. The molecule has 0 bridgehead atoms. The van der Waals surface area contributed by atoms with Gasteiger partial charge in [-0.2, -0.15) is 0 Å². The predicted octanol–water partition coefficient (Wildman–Crippen LogP) is 4.81. The molecule has 138 valence electrons. The largest absolute Gasteiger partial charge is 0.490 e. The molecule has 0 heterocycles. The maximum absolute atomic E-state index is 10.9. The average molecular weight is 416 g/mol. The van der Waals surface area contributed by atoms with E-state index in [1.165, 1.54) is 0 Å². The molecule has 1 atom stereocenters. The third-order valence-electron chi connectivity index (χ3n) is 4.12. The van der Waals surface area contributed by atoms with Gasteiger partial charge >= 0.3 is 0 Å². The van der Waals surface area contributed by atoms with Gasteiger partial charge in [-0.05, 0) is 55.3 Å². The first kappa shape index (κ1) is 20.4. The molecule has 4 heteroatoms.